The number of carbonyl (C=O) groups excluding carboxylic acids is 5. The SMILES string of the molecule is COc1cccc2c1C(=O)c1c(O)c3c(c(O)c1C2=O)C[C@@](O)(/C(CO)=N/NC(=O)CCc1ccc(N2C(=O)C=CC2=O)cc1)C[C@@H]3OC1CC(N)C(O)C(C)O1. The minimum Gasteiger partial charge on any atom is -0.507 e. The minimum absolute atomic E-state index is 0.0269. The molecular formula is C40H40N4O13. The fraction of sp³-hybridized carbons (Fsp3) is 0.350. The van der Waals surface area contributed by atoms with E-state index in [2.05, 4.69) is 10.5 Å². The van der Waals surface area contributed by atoms with E-state index in [0.29, 0.717) is 11.3 Å². The van der Waals surface area contributed by atoms with Gasteiger partial charge in [0, 0.05) is 60.6 Å². The van der Waals surface area contributed by atoms with Crippen LogP contribution in [-0.4, -0.2) is 104 Å². The quantitative estimate of drug-likeness (QED) is 0.0512. The second kappa shape index (κ2) is 15.3. The van der Waals surface area contributed by atoms with Gasteiger partial charge in [0.15, 0.2) is 12.1 Å². The number of phenols is 2. The Hall–Kier alpha value is -5.82. The number of aliphatic hydroxyl groups excluding tert-OH is 2. The van der Waals surface area contributed by atoms with Crippen LogP contribution in [0, 0.1) is 0 Å². The standard InChI is InChI=1S/C40H40N4O13/c1-18-35(49)23(41)14-30(56-18)57-25-16-40(54,26(17-45)42-43-27(46)11-8-19-6-9-20(10-7-19)44-28(47)12-13-29(44)48)15-22-32(25)39(53)34-33(37(22)51)36(50)21-4-3-5-24(55-2)31(21)38(34)52/h3-7,9-10,12-13,18,23,25,30,35,45,49,51,53-54H,8,11,14-17,41H2,1-2H3,(H,43,46)/b42-26+/t18?,23?,25-,30?,35?,40-/m0/s1. The first-order valence-electron chi connectivity index (χ1n) is 18.1. The number of rotatable bonds is 10. The molecule has 3 aromatic carbocycles. The zero-order chi connectivity index (χ0) is 40.9. The van der Waals surface area contributed by atoms with Gasteiger partial charge >= 0.3 is 0 Å². The van der Waals surface area contributed by atoms with Crippen LogP contribution in [0.15, 0.2) is 59.7 Å². The fourth-order valence-electron chi connectivity index (χ4n) is 7.81. The Morgan fingerprint density at radius 2 is 1.70 bits per heavy atom. The maximum atomic E-state index is 14.0. The van der Waals surface area contributed by atoms with Crippen molar-refractivity contribution < 1.29 is 63.7 Å². The first-order valence-corrected chi connectivity index (χ1v) is 18.1. The third kappa shape index (κ3) is 6.98. The lowest BCUT2D eigenvalue weighted by molar-refractivity contribution is -0.245. The van der Waals surface area contributed by atoms with Crippen LogP contribution >= 0.6 is 0 Å². The second-order valence-electron chi connectivity index (χ2n) is 14.3. The summed E-state index contributed by atoms with van der Waals surface area (Å²) in [7, 11) is 1.31. The first-order chi connectivity index (χ1) is 27.2. The average Bonchev–Trinajstić information content (AvgIpc) is 3.53. The number of hydrazone groups is 1. The number of benzene rings is 3. The van der Waals surface area contributed by atoms with Crippen LogP contribution in [0.1, 0.15) is 80.8 Å². The third-order valence-electron chi connectivity index (χ3n) is 10.8. The van der Waals surface area contributed by atoms with Crippen molar-refractivity contribution in [3.8, 4) is 17.2 Å². The maximum absolute atomic E-state index is 14.0. The number of aliphatic hydroxyl groups is 3. The van der Waals surface area contributed by atoms with Gasteiger partial charge in [-0.15, -0.1) is 0 Å². The number of nitrogens with zero attached hydrogens (tertiary/aromatic N) is 2. The molecule has 2 heterocycles. The Balaban J connectivity index is 1.18. The number of methoxy groups -OCH3 is 1. The van der Waals surface area contributed by atoms with Gasteiger partial charge in [-0.3, -0.25) is 24.0 Å². The summed E-state index contributed by atoms with van der Waals surface area (Å²) in [4.78, 5) is 65.8. The number of nitrogens with one attached hydrogen (secondary N) is 1. The van der Waals surface area contributed by atoms with Crippen molar-refractivity contribution in [2.24, 2.45) is 10.8 Å². The van der Waals surface area contributed by atoms with E-state index in [1.54, 1.807) is 31.2 Å². The van der Waals surface area contributed by atoms with Crippen LogP contribution in [0.3, 0.4) is 0 Å². The molecule has 8 N–H and O–H groups in total. The van der Waals surface area contributed by atoms with Gasteiger partial charge in [0.05, 0.1) is 60.1 Å². The van der Waals surface area contributed by atoms with E-state index in [4.69, 9.17) is 19.9 Å². The first kappa shape index (κ1) is 39.4. The predicted octanol–water partition coefficient (Wildman–Crippen LogP) is 0.967. The number of hydrogen-bond donors (Lipinski definition) is 7. The molecule has 4 unspecified atom stereocenters. The summed E-state index contributed by atoms with van der Waals surface area (Å²) in [5.74, 6) is -4.46. The van der Waals surface area contributed by atoms with Crippen molar-refractivity contribution >= 4 is 40.7 Å². The van der Waals surface area contributed by atoms with Crippen LogP contribution in [0.5, 0.6) is 17.2 Å². The highest BCUT2D eigenvalue weighted by molar-refractivity contribution is 6.31. The lowest BCUT2D eigenvalue weighted by atomic mass is 9.71. The van der Waals surface area contributed by atoms with Crippen molar-refractivity contribution in [2.75, 3.05) is 18.6 Å². The molecule has 17 heteroatoms. The largest absolute Gasteiger partial charge is 0.507 e. The van der Waals surface area contributed by atoms with Crippen LogP contribution in [-0.2, 0) is 36.7 Å². The zero-order valence-corrected chi connectivity index (χ0v) is 30.8. The van der Waals surface area contributed by atoms with E-state index in [-0.39, 0.29) is 53.0 Å². The molecule has 7 rings (SSSR count). The van der Waals surface area contributed by atoms with Crippen molar-refractivity contribution in [1.29, 1.82) is 0 Å². The van der Waals surface area contributed by atoms with Gasteiger partial charge in [0.1, 0.15) is 22.8 Å². The summed E-state index contributed by atoms with van der Waals surface area (Å²) in [6.07, 6.45) is -2.89. The number of carbonyl (C=O) groups is 5. The van der Waals surface area contributed by atoms with E-state index < -0.39 is 108 Å². The molecule has 57 heavy (non-hydrogen) atoms. The molecule has 2 aliphatic carbocycles. The number of amides is 3. The summed E-state index contributed by atoms with van der Waals surface area (Å²) < 4.78 is 17.4. The molecule has 3 amide bonds. The molecule has 17 nitrogen and oxygen atoms in total. The van der Waals surface area contributed by atoms with Crippen molar-refractivity contribution in [3.05, 3.63) is 93.6 Å². The molecule has 1 saturated heterocycles. The zero-order valence-electron chi connectivity index (χ0n) is 30.8. The van der Waals surface area contributed by atoms with Gasteiger partial charge in [-0.1, -0.05) is 24.3 Å². The number of aryl methyl sites for hydroxylation is 1. The maximum Gasteiger partial charge on any atom is 0.258 e. The summed E-state index contributed by atoms with van der Waals surface area (Å²) in [6.45, 7) is 0.685. The van der Waals surface area contributed by atoms with Crippen molar-refractivity contribution in [2.45, 2.75) is 75.3 Å². The molecule has 0 spiro atoms. The summed E-state index contributed by atoms with van der Waals surface area (Å²) in [5, 5.41) is 60.8. The molecule has 0 saturated carbocycles. The summed E-state index contributed by atoms with van der Waals surface area (Å²) in [5.41, 5.74) is 5.50. The van der Waals surface area contributed by atoms with Crippen LogP contribution in [0.25, 0.3) is 0 Å². The number of anilines is 1. The highest BCUT2D eigenvalue weighted by Crippen LogP contribution is 2.52. The minimum atomic E-state index is -2.18. The van der Waals surface area contributed by atoms with Crippen molar-refractivity contribution in [1.82, 2.24) is 5.43 Å². The molecule has 298 valence electrons. The molecule has 2 aliphatic heterocycles. The van der Waals surface area contributed by atoms with Crippen LogP contribution < -0.4 is 20.8 Å². The number of hydrogen-bond acceptors (Lipinski definition) is 15. The third-order valence-corrected chi connectivity index (χ3v) is 10.8. The van der Waals surface area contributed by atoms with E-state index >= 15 is 0 Å². The second-order valence-corrected chi connectivity index (χ2v) is 14.3. The Labute approximate surface area is 324 Å². The number of fused-ring (bicyclic) bond motifs is 3. The topological polar surface area (TPSA) is 268 Å². The van der Waals surface area contributed by atoms with Gasteiger partial charge < -0.3 is 45.5 Å². The average molecular weight is 785 g/mol. The Morgan fingerprint density at radius 3 is 2.35 bits per heavy atom. The summed E-state index contributed by atoms with van der Waals surface area (Å²) in [6, 6.07) is 10.0. The van der Waals surface area contributed by atoms with E-state index in [1.165, 1.54) is 37.5 Å². The van der Waals surface area contributed by atoms with E-state index in [0.717, 1.165) is 4.90 Å². The van der Waals surface area contributed by atoms with Gasteiger partial charge in [-0.05, 0) is 37.1 Å². The monoisotopic (exact) mass is 784 g/mol. The van der Waals surface area contributed by atoms with E-state index in [1.807, 2.05) is 0 Å². The number of imide groups is 1. The lowest BCUT2D eigenvalue weighted by Crippen LogP contribution is -2.53. The molecule has 3 aromatic rings. The Bertz CT molecular complexity index is 2220. The molecule has 0 aromatic heterocycles. The van der Waals surface area contributed by atoms with Gasteiger partial charge in [0.25, 0.3) is 11.8 Å². The molecule has 0 bridgehead atoms. The number of ketones is 2. The number of nitrogens with two attached hydrogens (primary N) is 1. The van der Waals surface area contributed by atoms with Crippen LogP contribution in [0.2, 0.25) is 0 Å². The smallest absolute Gasteiger partial charge is 0.258 e. The molecule has 1 fully saturated rings. The molecule has 0 radical (unpaired) electrons. The van der Waals surface area contributed by atoms with Crippen molar-refractivity contribution in [3.63, 3.8) is 0 Å². The van der Waals surface area contributed by atoms with Gasteiger partial charge in [0.2, 0.25) is 11.7 Å². The lowest BCUT2D eigenvalue weighted by Gasteiger charge is -2.43. The number of ether oxygens (including phenoxy) is 3. The van der Waals surface area contributed by atoms with Gasteiger partial charge in [-0.25, -0.2) is 10.3 Å². The van der Waals surface area contributed by atoms with E-state index in [9.17, 15) is 49.5 Å². The highest BCUT2D eigenvalue weighted by Gasteiger charge is 2.49. The Morgan fingerprint density at radius 1 is 1.02 bits per heavy atom. The number of aromatic hydroxyl groups is 2. The summed E-state index contributed by atoms with van der Waals surface area (Å²) >= 11 is 0. The molecular weight excluding hydrogens is 744 g/mol. The normalized spacial score (nSPS) is 25.6. The predicted molar refractivity (Wildman–Crippen MR) is 199 cm³/mol. The fourth-order valence-corrected chi connectivity index (χ4v) is 7.81. The van der Waals surface area contributed by atoms with Gasteiger partial charge in [-0.2, -0.15) is 5.10 Å². The van der Waals surface area contributed by atoms with Crippen LogP contribution in [0.4, 0.5) is 5.69 Å². The highest BCUT2D eigenvalue weighted by atomic mass is 16.7. The Kier molecular flexibility index (Phi) is 10.6. The number of phenolic OH excluding ortho intramolecular Hbond substituents is 2. The molecule has 4 aliphatic rings. The molecule has 6 atom stereocenters.